The summed E-state index contributed by atoms with van der Waals surface area (Å²) in [7, 11) is 0. The average Bonchev–Trinajstić information content (AvgIpc) is 2.73. The van der Waals surface area contributed by atoms with Crippen LogP contribution in [-0.4, -0.2) is 4.98 Å². The summed E-state index contributed by atoms with van der Waals surface area (Å²) in [6.45, 7) is 0.622. The number of anilines is 2. The second-order valence-electron chi connectivity index (χ2n) is 3.27. The zero-order valence-electron chi connectivity index (χ0n) is 8.13. The Morgan fingerprint density at radius 1 is 1.33 bits per heavy atom. The fourth-order valence-corrected chi connectivity index (χ4v) is 1.36. The highest BCUT2D eigenvalue weighted by Gasteiger charge is 2.03. The Balaban J connectivity index is 2.08. The van der Waals surface area contributed by atoms with Crippen molar-refractivity contribution in [3.8, 4) is 0 Å². The Morgan fingerprint density at radius 2 is 2.20 bits per heavy atom. The van der Waals surface area contributed by atoms with Crippen molar-refractivity contribution in [3.63, 3.8) is 0 Å². The van der Waals surface area contributed by atoms with Gasteiger partial charge in [-0.15, -0.1) is 0 Å². The number of para-hydroxylation sites is 1. The molecule has 0 bridgehead atoms. The number of nitrogens with two attached hydrogens (primary N) is 1. The zero-order valence-corrected chi connectivity index (χ0v) is 8.13. The number of aromatic nitrogens is 1. The molecule has 0 saturated heterocycles. The lowest BCUT2D eigenvalue weighted by Crippen LogP contribution is -2.03. The minimum absolute atomic E-state index is 0.160. The van der Waals surface area contributed by atoms with Crippen molar-refractivity contribution in [2.75, 3.05) is 11.1 Å². The summed E-state index contributed by atoms with van der Waals surface area (Å²) in [6.07, 6.45) is 3.72. The molecule has 0 aliphatic rings. The zero-order chi connectivity index (χ0) is 10.7. The molecule has 0 radical (unpaired) electrons. The van der Waals surface area contributed by atoms with Gasteiger partial charge in [0.15, 0.2) is 0 Å². The van der Waals surface area contributed by atoms with Gasteiger partial charge in [0.05, 0.1) is 11.4 Å². The van der Waals surface area contributed by atoms with E-state index in [-0.39, 0.29) is 5.69 Å². The molecule has 0 atom stereocenters. The van der Waals surface area contributed by atoms with E-state index in [0.717, 1.165) is 5.56 Å². The van der Waals surface area contributed by atoms with Gasteiger partial charge in [0.25, 0.3) is 0 Å². The SMILES string of the molecule is Nc1c(F)cccc1NCc1cc[nH]c1. The standard InChI is InChI=1S/C11H12FN3/c12-9-2-1-3-10(11(9)13)15-7-8-4-5-14-6-8/h1-6,14-15H,7,13H2. The largest absolute Gasteiger partial charge is 0.395 e. The summed E-state index contributed by atoms with van der Waals surface area (Å²) in [6, 6.07) is 6.68. The van der Waals surface area contributed by atoms with E-state index < -0.39 is 5.82 Å². The molecule has 15 heavy (non-hydrogen) atoms. The van der Waals surface area contributed by atoms with E-state index >= 15 is 0 Å². The van der Waals surface area contributed by atoms with Crippen molar-refractivity contribution < 1.29 is 4.39 Å². The predicted molar refractivity (Wildman–Crippen MR) is 58.9 cm³/mol. The fraction of sp³-hybridized carbons (Fsp3) is 0.0909. The Hall–Kier alpha value is -1.97. The number of nitrogen functional groups attached to an aromatic ring is 1. The molecule has 1 heterocycles. The van der Waals surface area contributed by atoms with Gasteiger partial charge in [-0.05, 0) is 23.8 Å². The Bertz CT molecular complexity index is 437. The van der Waals surface area contributed by atoms with Crippen LogP contribution in [0.4, 0.5) is 15.8 Å². The lowest BCUT2D eigenvalue weighted by atomic mass is 10.2. The lowest BCUT2D eigenvalue weighted by molar-refractivity contribution is 0.633. The number of benzene rings is 1. The molecule has 2 rings (SSSR count). The van der Waals surface area contributed by atoms with Gasteiger partial charge < -0.3 is 16.0 Å². The number of nitrogens with one attached hydrogen (secondary N) is 2. The summed E-state index contributed by atoms with van der Waals surface area (Å²) < 4.78 is 13.1. The molecule has 0 amide bonds. The first-order valence-corrected chi connectivity index (χ1v) is 4.67. The monoisotopic (exact) mass is 205 g/mol. The van der Waals surface area contributed by atoms with Crippen LogP contribution >= 0.6 is 0 Å². The molecule has 3 nitrogen and oxygen atoms in total. The average molecular weight is 205 g/mol. The lowest BCUT2D eigenvalue weighted by Gasteiger charge is -2.08. The minimum atomic E-state index is -0.394. The highest BCUT2D eigenvalue weighted by Crippen LogP contribution is 2.21. The first-order chi connectivity index (χ1) is 7.27. The third-order valence-corrected chi connectivity index (χ3v) is 2.20. The third kappa shape index (κ3) is 2.10. The van der Waals surface area contributed by atoms with Crippen molar-refractivity contribution in [3.05, 3.63) is 48.0 Å². The van der Waals surface area contributed by atoms with Gasteiger partial charge in [0.1, 0.15) is 5.82 Å². The van der Waals surface area contributed by atoms with Crippen LogP contribution in [0.2, 0.25) is 0 Å². The first kappa shape index (κ1) is 9.58. The number of hydrogen-bond donors (Lipinski definition) is 3. The highest BCUT2D eigenvalue weighted by molar-refractivity contribution is 5.66. The molecule has 0 fully saturated rings. The van der Waals surface area contributed by atoms with E-state index in [0.29, 0.717) is 12.2 Å². The number of hydrogen-bond acceptors (Lipinski definition) is 2. The van der Waals surface area contributed by atoms with Crippen molar-refractivity contribution in [2.24, 2.45) is 0 Å². The summed E-state index contributed by atoms with van der Waals surface area (Å²) >= 11 is 0. The van der Waals surface area contributed by atoms with Gasteiger partial charge in [-0.2, -0.15) is 0 Å². The van der Waals surface area contributed by atoms with Gasteiger partial charge in [0.2, 0.25) is 0 Å². The van der Waals surface area contributed by atoms with Crippen molar-refractivity contribution >= 4 is 11.4 Å². The number of aromatic amines is 1. The second kappa shape index (κ2) is 4.04. The molecule has 4 heteroatoms. The molecule has 1 aromatic heterocycles. The Kier molecular flexibility index (Phi) is 2.58. The minimum Gasteiger partial charge on any atom is -0.395 e. The van der Waals surface area contributed by atoms with Crippen LogP contribution in [0.15, 0.2) is 36.7 Å². The van der Waals surface area contributed by atoms with Crippen LogP contribution in [-0.2, 0) is 6.54 Å². The second-order valence-corrected chi connectivity index (χ2v) is 3.27. The Morgan fingerprint density at radius 3 is 2.93 bits per heavy atom. The van der Waals surface area contributed by atoms with Crippen molar-refractivity contribution in [2.45, 2.75) is 6.54 Å². The number of H-pyrrole nitrogens is 1. The maximum Gasteiger partial charge on any atom is 0.148 e. The van der Waals surface area contributed by atoms with Gasteiger partial charge >= 0.3 is 0 Å². The topological polar surface area (TPSA) is 53.8 Å². The molecule has 1 aromatic carbocycles. The van der Waals surface area contributed by atoms with Gasteiger partial charge in [-0.3, -0.25) is 0 Å². The molecule has 78 valence electrons. The fourth-order valence-electron chi connectivity index (χ4n) is 1.36. The molecule has 0 saturated carbocycles. The molecular weight excluding hydrogens is 193 g/mol. The highest BCUT2D eigenvalue weighted by atomic mass is 19.1. The maximum atomic E-state index is 13.1. The Labute approximate surface area is 87.1 Å². The predicted octanol–water partition coefficient (Wildman–Crippen LogP) is 2.35. The van der Waals surface area contributed by atoms with Crippen LogP contribution in [0.3, 0.4) is 0 Å². The van der Waals surface area contributed by atoms with E-state index in [9.17, 15) is 4.39 Å². The molecule has 0 unspecified atom stereocenters. The van der Waals surface area contributed by atoms with E-state index in [4.69, 9.17) is 5.73 Å². The normalized spacial score (nSPS) is 10.2. The van der Waals surface area contributed by atoms with Crippen LogP contribution in [0.5, 0.6) is 0 Å². The van der Waals surface area contributed by atoms with E-state index in [1.165, 1.54) is 6.07 Å². The van der Waals surface area contributed by atoms with Crippen LogP contribution < -0.4 is 11.1 Å². The molecule has 0 aliphatic carbocycles. The summed E-state index contributed by atoms with van der Waals surface area (Å²) in [5.41, 5.74) is 7.45. The number of halogens is 1. The third-order valence-electron chi connectivity index (χ3n) is 2.20. The summed E-state index contributed by atoms with van der Waals surface area (Å²) in [5.74, 6) is -0.394. The smallest absolute Gasteiger partial charge is 0.148 e. The molecule has 0 spiro atoms. The van der Waals surface area contributed by atoms with Gasteiger partial charge in [-0.1, -0.05) is 6.07 Å². The van der Waals surface area contributed by atoms with Crippen LogP contribution in [0.1, 0.15) is 5.56 Å². The van der Waals surface area contributed by atoms with Gasteiger partial charge in [0, 0.05) is 18.9 Å². The van der Waals surface area contributed by atoms with Crippen LogP contribution in [0.25, 0.3) is 0 Å². The first-order valence-electron chi connectivity index (χ1n) is 4.67. The van der Waals surface area contributed by atoms with Crippen LogP contribution in [0, 0.1) is 5.82 Å². The van der Waals surface area contributed by atoms with Gasteiger partial charge in [-0.25, -0.2) is 4.39 Å². The van der Waals surface area contributed by atoms with Crippen molar-refractivity contribution in [1.82, 2.24) is 4.98 Å². The maximum absolute atomic E-state index is 13.1. The molecular formula is C11H12FN3. The van der Waals surface area contributed by atoms with Crippen molar-refractivity contribution in [1.29, 1.82) is 0 Å². The van der Waals surface area contributed by atoms with E-state index in [1.54, 1.807) is 12.1 Å². The van der Waals surface area contributed by atoms with E-state index in [2.05, 4.69) is 10.3 Å². The summed E-state index contributed by atoms with van der Waals surface area (Å²) in [4.78, 5) is 2.95. The quantitative estimate of drug-likeness (QED) is 0.674. The molecule has 4 N–H and O–H groups in total. The van der Waals surface area contributed by atoms with E-state index in [1.807, 2.05) is 18.5 Å². The molecule has 0 aliphatic heterocycles. The molecule has 2 aromatic rings. The summed E-state index contributed by atoms with van der Waals surface area (Å²) in [5, 5.41) is 3.07. The number of rotatable bonds is 3.